The average molecular weight is 337 g/mol. The maximum Gasteiger partial charge on any atom is 0.333 e. The number of aryl methyl sites for hydroxylation is 2. The molecule has 8 heteroatoms. The van der Waals surface area contributed by atoms with Crippen molar-refractivity contribution < 1.29 is 9.72 Å². The van der Waals surface area contributed by atoms with Gasteiger partial charge in [0.15, 0.2) is 0 Å². The molecule has 1 saturated heterocycles. The molecule has 0 saturated carbocycles. The van der Waals surface area contributed by atoms with Crippen LogP contribution in [0.25, 0.3) is 0 Å². The minimum atomic E-state index is -0.366. The molecule has 0 unspecified atom stereocenters. The number of nitrogens with one attached hydrogen (secondary N) is 1. The summed E-state index contributed by atoms with van der Waals surface area (Å²) in [5, 5.41) is 18.9. The maximum absolute atomic E-state index is 12.1. The standard InChI is InChI=1S/C16H27N5O3/c1-5-13-15(21(23)24)16(19(4)18-13)17-12-6-8-20(9-7-12)14(22)10-11(2)3/h11-12,17H,5-10H2,1-4H3. The Morgan fingerprint density at radius 1 is 1.42 bits per heavy atom. The molecule has 1 aromatic rings. The summed E-state index contributed by atoms with van der Waals surface area (Å²) in [4.78, 5) is 25.0. The minimum Gasteiger partial charge on any atom is -0.362 e. The first-order chi connectivity index (χ1) is 11.3. The molecular formula is C16H27N5O3. The van der Waals surface area contributed by atoms with Crippen LogP contribution in [0.1, 0.15) is 45.7 Å². The zero-order valence-corrected chi connectivity index (χ0v) is 14.9. The van der Waals surface area contributed by atoms with Crippen molar-refractivity contribution in [3.8, 4) is 0 Å². The monoisotopic (exact) mass is 337 g/mol. The van der Waals surface area contributed by atoms with Crippen molar-refractivity contribution in [2.24, 2.45) is 13.0 Å². The lowest BCUT2D eigenvalue weighted by atomic mass is 10.0. The number of aromatic nitrogens is 2. The van der Waals surface area contributed by atoms with Crippen molar-refractivity contribution in [2.75, 3.05) is 18.4 Å². The maximum atomic E-state index is 12.1. The van der Waals surface area contributed by atoms with Gasteiger partial charge >= 0.3 is 5.69 Å². The van der Waals surface area contributed by atoms with Gasteiger partial charge in [-0.05, 0) is 25.2 Å². The first kappa shape index (κ1) is 18.2. The van der Waals surface area contributed by atoms with E-state index in [0.717, 1.165) is 12.8 Å². The molecule has 0 atom stereocenters. The second-order valence-electron chi connectivity index (χ2n) is 6.78. The minimum absolute atomic E-state index is 0.0679. The number of piperidine rings is 1. The molecule has 1 aromatic heterocycles. The van der Waals surface area contributed by atoms with Crippen LogP contribution < -0.4 is 5.32 Å². The average Bonchev–Trinajstić information content (AvgIpc) is 2.83. The van der Waals surface area contributed by atoms with Crippen molar-refractivity contribution in [1.82, 2.24) is 14.7 Å². The summed E-state index contributed by atoms with van der Waals surface area (Å²) in [6.45, 7) is 7.32. The molecule has 1 aliphatic heterocycles. The number of nitro groups is 1. The van der Waals surface area contributed by atoms with Crippen LogP contribution in [-0.2, 0) is 18.3 Å². The van der Waals surface area contributed by atoms with Gasteiger partial charge in [-0.15, -0.1) is 0 Å². The summed E-state index contributed by atoms with van der Waals surface area (Å²) in [6, 6.07) is 0.118. The third-order valence-electron chi connectivity index (χ3n) is 4.38. The molecular weight excluding hydrogens is 310 g/mol. The zero-order chi connectivity index (χ0) is 17.9. The number of carbonyl (C=O) groups excluding carboxylic acids is 1. The Kier molecular flexibility index (Phi) is 5.80. The van der Waals surface area contributed by atoms with Crippen molar-refractivity contribution in [3.63, 3.8) is 0 Å². The molecule has 0 aliphatic carbocycles. The molecule has 1 fully saturated rings. The number of hydrogen-bond donors (Lipinski definition) is 1. The Labute approximate surface area is 142 Å². The lowest BCUT2D eigenvalue weighted by molar-refractivity contribution is -0.384. The first-order valence-corrected chi connectivity index (χ1v) is 8.58. The molecule has 24 heavy (non-hydrogen) atoms. The van der Waals surface area contributed by atoms with Gasteiger partial charge in [-0.2, -0.15) is 5.10 Å². The Bertz CT molecular complexity index is 603. The molecule has 1 amide bonds. The SMILES string of the molecule is CCc1nn(C)c(NC2CCN(C(=O)CC(C)C)CC2)c1[N+](=O)[O-]. The number of likely N-dealkylation sites (tertiary alicyclic amines) is 1. The van der Waals surface area contributed by atoms with Crippen LogP contribution in [0.4, 0.5) is 11.5 Å². The van der Waals surface area contributed by atoms with E-state index < -0.39 is 0 Å². The first-order valence-electron chi connectivity index (χ1n) is 8.58. The molecule has 8 nitrogen and oxygen atoms in total. The van der Waals surface area contributed by atoms with Crippen molar-refractivity contribution in [2.45, 2.75) is 52.5 Å². The molecule has 1 aliphatic rings. The van der Waals surface area contributed by atoms with Gasteiger partial charge in [0, 0.05) is 32.6 Å². The summed E-state index contributed by atoms with van der Waals surface area (Å²) in [5.74, 6) is 1.02. The van der Waals surface area contributed by atoms with Crippen LogP contribution in [0.2, 0.25) is 0 Å². The summed E-state index contributed by atoms with van der Waals surface area (Å²) < 4.78 is 1.55. The Morgan fingerprint density at radius 2 is 2.04 bits per heavy atom. The Hall–Kier alpha value is -2.12. The van der Waals surface area contributed by atoms with E-state index in [-0.39, 0.29) is 22.6 Å². The molecule has 2 heterocycles. The predicted molar refractivity (Wildman–Crippen MR) is 91.9 cm³/mol. The summed E-state index contributed by atoms with van der Waals surface area (Å²) in [5.41, 5.74) is 0.563. The predicted octanol–water partition coefficient (Wildman–Crippen LogP) is 2.34. The highest BCUT2D eigenvalue weighted by Gasteiger charge is 2.29. The number of carbonyl (C=O) groups is 1. The fraction of sp³-hybridized carbons (Fsp3) is 0.750. The smallest absolute Gasteiger partial charge is 0.333 e. The highest BCUT2D eigenvalue weighted by atomic mass is 16.6. The molecule has 0 radical (unpaired) electrons. The summed E-state index contributed by atoms with van der Waals surface area (Å²) in [6.07, 6.45) is 2.67. The largest absolute Gasteiger partial charge is 0.362 e. The van der Waals surface area contributed by atoms with Crippen molar-refractivity contribution >= 4 is 17.4 Å². The number of amides is 1. The Morgan fingerprint density at radius 3 is 2.54 bits per heavy atom. The van der Waals surface area contributed by atoms with E-state index >= 15 is 0 Å². The van der Waals surface area contributed by atoms with E-state index in [1.54, 1.807) is 11.7 Å². The van der Waals surface area contributed by atoms with Gasteiger partial charge in [0.2, 0.25) is 11.7 Å². The van der Waals surface area contributed by atoms with Gasteiger partial charge < -0.3 is 10.2 Å². The third kappa shape index (κ3) is 4.04. The van der Waals surface area contributed by atoms with Crippen molar-refractivity contribution in [3.05, 3.63) is 15.8 Å². The van der Waals surface area contributed by atoms with Crippen LogP contribution in [0.5, 0.6) is 0 Å². The van der Waals surface area contributed by atoms with Gasteiger partial charge in [-0.1, -0.05) is 20.8 Å². The third-order valence-corrected chi connectivity index (χ3v) is 4.38. The van der Waals surface area contributed by atoms with E-state index in [1.165, 1.54) is 0 Å². The van der Waals surface area contributed by atoms with E-state index in [0.29, 0.717) is 43.4 Å². The lowest BCUT2D eigenvalue weighted by Crippen LogP contribution is -2.42. The van der Waals surface area contributed by atoms with E-state index in [9.17, 15) is 14.9 Å². The second kappa shape index (κ2) is 7.63. The molecule has 134 valence electrons. The summed E-state index contributed by atoms with van der Waals surface area (Å²) in [7, 11) is 1.72. The Balaban J connectivity index is 2.01. The molecule has 0 bridgehead atoms. The number of hydrogen-bond acceptors (Lipinski definition) is 5. The van der Waals surface area contributed by atoms with Crippen LogP contribution in [0.3, 0.4) is 0 Å². The lowest BCUT2D eigenvalue weighted by Gasteiger charge is -2.33. The van der Waals surface area contributed by atoms with Crippen LogP contribution in [0, 0.1) is 16.0 Å². The number of anilines is 1. The van der Waals surface area contributed by atoms with Gasteiger partial charge in [-0.3, -0.25) is 14.9 Å². The fourth-order valence-electron chi connectivity index (χ4n) is 3.11. The normalized spacial score (nSPS) is 15.8. The molecule has 0 spiro atoms. The van der Waals surface area contributed by atoms with Crippen LogP contribution in [-0.4, -0.2) is 44.6 Å². The molecule has 2 rings (SSSR count). The quantitative estimate of drug-likeness (QED) is 0.635. The summed E-state index contributed by atoms with van der Waals surface area (Å²) >= 11 is 0. The second-order valence-corrected chi connectivity index (χ2v) is 6.78. The highest BCUT2D eigenvalue weighted by molar-refractivity contribution is 5.76. The van der Waals surface area contributed by atoms with Gasteiger partial charge in [0.25, 0.3) is 0 Å². The number of nitrogens with zero attached hydrogens (tertiary/aromatic N) is 4. The zero-order valence-electron chi connectivity index (χ0n) is 14.9. The van der Waals surface area contributed by atoms with Crippen molar-refractivity contribution in [1.29, 1.82) is 0 Å². The highest BCUT2D eigenvalue weighted by Crippen LogP contribution is 2.30. The topological polar surface area (TPSA) is 93.3 Å². The van der Waals surface area contributed by atoms with Crippen LogP contribution in [0.15, 0.2) is 0 Å². The van der Waals surface area contributed by atoms with Crippen LogP contribution >= 0.6 is 0 Å². The van der Waals surface area contributed by atoms with Gasteiger partial charge in [0.05, 0.1) is 4.92 Å². The van der Waals surface area contributed by atoms with E-state index in [1.807, 2.05) is 25.7 Å². The fourth-order valence-corrected chi connectivity index (χ4v) is 3.11. The van der Waals surface area contributed by atoms with Gasteiger partial charge in [0.1, 0.15) is 5.69 Å². The van der Waals surface area contributed by atoms with E-state index in [2.05, 4.69) is 10.4 Å². The molecule has 1 N–H and O–H groups in total. The van der Waals surface area contributed by atoms with Gasteiger partial charge in [-0.25, -0.2) is 4.68 Å². The van der Waals surface area contributed by atoms with E-state index in [4.69, 9.17) is 0 Å². The number of rotatable bonds is 6. The molecule has 0 aromatic carbocycles.